The van der Waals surface area contributed by atoms with Crippen LogP contribution in [0.2, 0.25) is 0 Å². The van der Waals surface area contributed by atoms with Crippen molar-refractivity contribution in [3.63, 3.8) is 0 Å². The highest BCUT2D eigenvalue weighted by molar-refractivity contribution is 8.00. The standard InChI is InChI=1S/C11H24OS/c1-9(2)7-8-11(10(3)4)13(5,6)12/h9-11H,5,7-8H2,1-4,6H3. The molecule has 0 aliphatic carbocycles. The van der Waals surface area contributed by atoms with E-state index in [1.165, 1.54) is 0 Å². The van der Waals surface area contributed by atoms with E-state index in [0.717, 1.165) is 12.8 Å². The normalized spacial score (nSPS) is 19.0. The summed E-state index contributed by atoms with van der Waals surface area (Å²) in [6.07, 6.45) is 4.00. The highest BCUT2D eigenvalue weighted by Crippen LogP contribution is 2.19. The summed E-state index contributed by atoms with van der Waals surface area (Å²) in [5.41, 5.74) is 0. The van der Waals surface area contributed by atoms with Crippen molar-refractivity contribution in [2.24, 2.45) is 11.8 Å². The van der Waals surface area contributed by atoms with Gasteiger partial charge in [-0.1, -0.05) is 27.7 Å². The zero-order chi connectivity index (χ0) is 10.6. The highest BCUT2D eigenvalue weighted by atomic mass is 32.2. The zero-order valence-electron chi connectivity index (χ0n) is 9.67. The summed E-state index contributed by atoms with van der Waals surface area (Å²) in [4.78, 5) is 0. The Morgan fingerprint density at radius 3 is 1.85 bits per heavy atom. The fourth-order valence-electron chi connectivity index (χ4n) is 1.66. The van der Waals surface area contributed by atoms with E-state index in [9.17, 15) is 4.21 Å². The molecule has 0 heterocycles. The van der Waals surface area contributed by atoms with E-state index in [0.29, 0.717) is 11.8 Å². The average molecular weight is 204 g/mol. The molecule has 0 aromatic heterocycles. The average Bonchev–Trinajstić information content (AvgIpc) is 1.81. The first kappa shape index (κ1) is 13.0. The van der Waals surface area contributed by atoms with E-state index in [-0.39, 0.29) is 5.25 Å². The molecule has 0 N–H and O–H groups in total. The summed E-state index contributed by atoms with van der Waals surface area (Å²) in [7, 11) is -1.86. The molecule has 0 radical (unpaired) electrons. The largest absolute Gasteiger partial charge is 0.268 e. The summed E-state index contributed by atoms with van der Waals surface area (Å²) >= 11 is 0. The Morgan fingerprint density at radius 2 is 1.62 bits per heavy atom. The number of rotatable bonds is 5. The minimum atomic E-state index is -1.86. The van der Waals surface area contributed by atoms with Crippen molar-refractivity contribution in [1.29, 1.82) is 0 Å². The molecule has 0 bridgehead atoms. The third-order valence-electron chi connectivity index (χ3n) is 2.41. The molecule has 80 valence electrons. The molecule has 0 aliphatic heterocycles. The topological polar surface area (TPSA) is 17.1 Å². The molecule has 1 nitrogen and oxygen atoms in total. The fourth-order valence-corrected chi connectivity index (χ4v) is 3.44. The van der Waals surface area contributed by atoms with Gasteiger partial charge in [-0.15, -0.1) is 0 Å². The lowest BCUT2D eigenvalue weighted by molar-refractivity contribution is 0.483. The Balaban J connectivity index is 4.30. The Labute approximate surface area is 83.9 Å². The molecule has 0 aromatic rings. The molecular formula is C11H24OS. The van der Waals surface area contributed by atoms with E-state index >= 15 is 0 Å². The molecular weight excluding hydrogens is 180 g/mol. The lowest BCUT2D eigenvalue weighted by Gasteiger charge is -2.23. The number of hydrogen-bond acceptors (Lipinski definition) is 1. The Kier molecular flexibility index (Phi) is 5.05. The fraction of sp³-hybridized carbons (Fsp3) is 0.909. The minimum absolute atomic E-state index is 0.287. The van der Waals surface area contributed by atoms with Crippen molar-refractivity contribution in [3.8, 4) is 0 Å². The van der Waals surface area contributed by atoms with Crippen LogP contribution in [0, 0.1) is 11.8 Å². The van der Waals surface area contributed by atoms with E-state index in [2.05, 4.69) is 33.6 Å². The van der Waals surface area contributed by atoms with Gasteiger partial charge in [0.15, 0.2) is 0 Å². The Hall–Kier alpha value is 0.0200. The summed E-state index contributed by atoms with van der Waals surface area (Å²) in [5, 5.41) is 0.287. The maximum Gasteiger partial charge on any atom is 0.0292 e. The molecule has 0 aromatic carbocycles. The monoisotopic (exact) mass is 204 g/mol. The van der Waals surface area contributed by atoms with Gasteiger partial charge in [0.1, 0.15) is 0 Å². The second-order valence-electron chi connectivity index (χ2n) is 4.83. The van der Waals surface area contributed by atoms with Gasteiger partial charge in [0.2, 0.25) is 0 Å². The lowest BCUT2D eigenvalue weighted by atomic mass is 10.0. The smallest absolute Gasteiger partial charge is 0.0292 e. The van der Waals surface area contributed by atoms with Gasteiger partial charge in [-0.05, 0) is 40.1 Å². The van der Waals surface area contributed by atoms with Crippen molar-refractivity contribution in [1.82, 2.24) is 0 Å². The molecule has 0 aliphatic rings. The molecule has 2 atom stereocenters. The highest BCUT2D eigenvalue weighted by Gasteiger charge is 2.19. The predicted molar refractivity (Wildman–Crippen MR) is 63.9 cm³/mol. The lowest BCUT2D eigenvalue weighted by Crippen LogP contribution is -2.26. The van der Waals surface area contributed by atoms with Crippen molar-refractivity contribution in [2.75, 3.05) is 6.26 Å². The van der Waals surface area contributed by atoms with Gasteiger partial charge in [-0.2, -0.15) is 0 Å². The van der Waals surface area contributed by atoms with E-state index in [1.807, 2.05) is 0 Å². The predicted octanol–water partition coefficient (Wildman–Crippen LogP) is 2.79. The van der Waals surface area contributed by atoms with Crippen LogP contribution in [0.4, 0.5) is 0 Å². The van der Waals surface area contributed by atoms with Crippen molar-refractivity contribution in [2.45, 2.75) is 45.8 Å². The Bertz CT molecular complexity index is 224. The summed E-state index contributed by atoms with van der Waals surface area (Å²) in [6.45, 7) is 8.69. The van der Waals surface area contributed by atoms with E-state index < -0.39 is 9.52 Å². The summed E-state index contributed by atoms with van der Waals surface area (Å²) < 4.78 is 11.8. The van der Waals surface area contributed by atoms with Gasteiger partial charge < -0.3 is 0 Å². The second-order valence-corrected chi connectivity index (χ2v) is 7.57. The van der Waals surface area contributed by atoms with Crippen LogP contribution in [0.1, 0.15) is 40.5 Å². The first-order valence-electron chi connectivity index (χ1n) is 5.06. The van der Waals surface area contributed by atoms with Crippen LogP contribution in [-0.4, -0.2) is 21.6 Å². The van der Waals surface area contributed by atoms with Gasteiger partial charge in [0, 0.05) is 11.5 Å². The molecule has 0 spiro atoms. The van der Waals surface area contributed by atoms with Gasteiger partial charge in [-0.3, -0.25) is 4.21 Å². The Morgan fingerprint density at radius 1 is 1.15 bits per heavy atom. The molecule has 0 rings (SSSR count). The molecule has 0 amide bonds. The van der Waals surface area contributed by atoms with Gasteiger partial charge in [0.05, 0.1) is 0 Å². The second kappa shape index (κ2) is 5.04. The summed E-state index contributed by atoms with van der Waals surface area (Å²) in [5.74, 6) is 4.98. The van der Waals surface area contributed by atoms with Crippen molar-refractivity contribution >= 4 is 15.4 Å². The third kappa shape index (κ3) is 5.35. The molecule has 13 heavy (non-hydrogen) atoms. The molecule has 0 saturated heterocycles. The molecule has 2 unspecified atom stereocenters. The van der Waals surface area contributed by atoms with Crippen LogP contribution in [0.15, 0.2) is 0 Å². The maximum atomic E-state index is 11.8. The third-order valence-corrected chi connectivity index (χ3v) is 4.47. The van der Waals surface area contributed by atoms with Gasteiger partial charge in [-0.25, -0.2) is 0 Å². The van der Waals surface area contributed by atoms with Crippen LogP contribution < -0.4 is 0 Å². The summed E-state index contributed by atoms with van der Waals surface area (Å²) in [6, 6.07) is 0. The van der Waals surface area contributed by atoms with Crippen LogP contribution >= 0.6 is 0 Å². The van der Waals surface area contributed by atoms with E-state index in [4.69, 9.17) is 0 Å². The quantitative estimate of drug-likeness (QED) is 0.629. The van der Waals surface area contributed by atoms with Crippen LogP contribution in [0.25, 0.3) is 0 Å². The van der Waals surface area contributed by atoms with Crippen LogP contribution in [0.5, 0.6) is 0 Å². The van der Waals surface area contributed by atoms with Crippen LogP contribution in [0.3, 0.4) is 0 Å². The molecule has 2 heteroatoms. The first-order valence-corrected chi connectivity index (χ1v) is 7.26. The minimum Gasteiger partial charge on any atom is -0.268 e. The SMILES string of the molecule is C=S(C)(=O)C(CCC(C)C)C(C)C. The van der Waals surface area contributed by atoms with Gasteiger partial charge in [0.25, 0.3) is 0 Å². The van der Waals surface area contributed by atoms with Crippen molar-refractivity contribution in [3.05, 3.63) is 0 Å². The van der Waals surface area contributed by atoms with Gasteiger partial charge >= 0.3 is 0 Å². The number of hydrogen-bond donors (Lipinski definition) is 0. The zero-order valence-corrected chi connectivity index (χ0v) is 10.5. The maximum absolute atomic E-state index is 11.8. The van der Waals surface area contributed by atoms with E-state index in [1.54, 1.807) is 6.26 Å². The van der Waals surface area contributed by atoms with Crippen molar-refractivity contribution < 1.29 is 4.21 Å². The molecule has 0 fully saturated rings. The molecule has 0 saturated carbocycles. The first-order chi connectivity index (χ1) is 5.75. The van der Waals surface area contributed by atoms with Crippen LogP contribution in [-0.2, 0) is 9.52 Å².